The lowest BCUT2D eigenvalue weighted by Gasteiger charge is -2.30. The molecular weight excluding hydrogens is 455 g/mol. The van der Waals surface area contributed by atoms with E-state index in [-0.39, 0.29) is 17.0 Å². The summed E-state index contributed by atoms with van der Waals surface area (Å²) in [5.74, 6) is -0.961. The van der Waals surface area contributed by atoms with E-state index < -0.39 is 42.4 Å². The number of pyridine rings is 1. The van der Waals surface area contributed by atoms with Gasteiger partial charge in [-0.3, -0.25) is 19.3 Å². The monoisotopic (exact) mass is 479 g/mol. The van der Waals surface area contributed by atoms with Gasteiger partial charge in [-0.1, -0.05) is 6.07 Å². The predicted octanol–water partition coefficient (Wildman–Crippen LogP) is 2.14. The molecule has 2 amide bonds. The van der Waals surface area contributed by atoms with Gasteiger partial charge in [-0.15, -0.1) is 0 Å². The summed E-state index contributed by atoms with van der Waals surface area (Å²) in [4.78, 5) is 30.2. The number of benzene rings is 1. The topological polar surface area (TPSA) is 110 Å². The first-order valence-corrected chi connectivity index (χ1v) is 10.1. The number of amides is 2. The van der Waals surface area contributed by atoms with Gasteiger partial charge in [-0.2, -0.15) is 18.3 Å². The Kier molecular flexibility index (Phi) is 6.82. The van der Waals surface area contributed by atoms with Gasteiger partial charge in [0.15, 0.2) is 5.69 Å². The van der Waals surface area contributed by atoms with E-state index in [1.807, 2.05) is 0 Å². The Morgan fingerprint density at radius 1 is 1.24 bits per heavy atom. The van der Waals surface area contributed by atoms with Crippen LogP contribution >= 0.6 is 0 Å². The summed E-state index contributed by atoms with van der Waals surface area (Å²) >= 11 is 0. The number of halogens is 3. The van der Waals surface area contributed by atoms with Crippen LogP contribution in [0.15, 0.2) is 36.5 Å². The van der Waals surface area contributed by atoms with E-state index >= 15 is 0 Å². The number of alkyl halides is 3. The van der Waals surface area contributed by atoms with Crippen LogP contribution in [0.25, 0.3) is 10.9 Å². The zero-order valence-corrected chi connectivity index (χ0v) is 19.0. The highest BCUT2D eigenvalue weighted by Gasteiger charge is 2.37. The molecule has 34 heavy (non-hydrogen) atoms. The minimum atomic E-state index is -4.62. The standard InChI is InChI=1S/C22H24F3N5O4/c1-21(12-31,20(33)29(2)3)27-19(32)17-15-10-14(7-8-16(15)28-30(17)4)34-11-13-6-5-9-26-18(13)22(23,24)25/h5-10,31H,11-12H2,1-4H3,(H,27,32). The van der Waals surface area contributed by atoms with Crippen LogP contribution in [0, 0.1) is 0 Å². The number of carbonyl (C=O) groups is 2. The summed E-state index contributed by atoms with van der Waals surface area (Å²) < 4.78 is 46.4. The van der Waals surface area contributed by atoms with Crippen LogP contribution < -0.4 is 10.1 Å². The quantitative estimate of drug-likeness (QED) is 0.538. The predicted molar refractivity (Wildman–Crippen MR) is 116 cm³/mol. The molecule has 2 N–H and O–H groups in total. The number of ether oxygens (including phenoxy) is 1. The number of carbonyl (C=O) groups excluding carboxylic acids is 2. The van der Waals surface area contributed by atoms with Crippen LogP contribution in [0.2, 0.25) is 0 Å². The Morgan fingerprint density at radius 3 is 2.56 bits per heavy atom. The summed E-state index contributed by atoms with van der Waals surface area (Å²) in [6.07, 6.45) is -3.57. The van der Waals surface area contributed by atoms with Gasteiger partial charge in [0.05, 0.1) is 12.1 Å². The lowest BCUT2D eigenvalue weighted by Crippen LogP contribution is -2.59. The van der Waals surface area contributed by atoms with E-state index in [0.717, 1.165) is 6.20 Å². The minimum Gasteiger partial charge on any atom is -0.489 e. The Balaban J connectivity index is 1.90. The molecule has 12 heteroatoms. The number of aliphatic hydroxyl groups excluding tert-OH is 1. The minimum absolute atomic E-state index is 0.0871. The van der Waals surface area contributed by atoms with Gasteiger partial charge in [0, 0.05) is 38.3 Å². The van der Waals surface area contributed by atoms with Gasteiger partial charge in [0.25, 0.3) is 5.91 Å². The molecule has 1 atom stereocenters. The van der Waals surface area contributed by atoms with Gasteiger partial charge < -0.3 is 20.1 Å². The van der Waals surface area contributed by atoms with Crippen molar-refractivity contribution in [1.29, 1.82) is 0 Å². The largest absolute Gasteiger partial charge is 0.489 e. The summed E-state index contributed by atoms with van der Waals surface area (Å²) in [6, 6.07) is 7.22. The summed E-state index contributed by atoms with van der Waals surface area (Å²) in [5.41, 5.74) is -2.22. The maximum atomic E-state index is 13.2. The average molecular weight is 479 g/mol. The first-order chi connectivity index (χ1) is 15.9. The van der Waals surface area contributed by atoms with Crippen LogP contribution in [0.4, 0.5) is 13.2 Å². The molecule has 0 aliphatic carbocycles. The van der Waals surface area contributed by atoms with Gasteiger partial charge in [0.2, 0.25) is 5.91 Å². The van der Waals surface area contributed by atoms with Gasteiger partial charge in [0.1, 0.15) is 23.6 Å². The molecule has 0 fully saturated rings. The number of fused-ring (bicyclic) bond motifs is 1. The van der Waals surface area contributed by atoms with Crippen molar-refractivity contribution in [3.8, 4) is 5.75 Å². The van der Waals surface area contributed by atoms with Crippen LogP contribution in [0.5, 0.6) is 5.75 Å². The number of hydrogen-bond acceptors (Lipinski definition) is 6. The van der Waals surface area contributed by atoms with Crippen molar-refractivity contribution in [2.75, 3.05) is 20.7 Å². The SMILES string of the molecule is CN(C)C(=O)C(C)(CO)NC(=O)c1c2cc(OCc3cccnc3C(F)(F)F)ccc2nn1C. The van der Waals surface area contributed by atoms with Crippen LogP contribution in [-0.2, 0) is 24.6 Å². The van der Waals surface area contributed by atoms with Gasteiger partial charge in [-0.05, 0) is 31.2 Å². The van der Waals surface area contributed by atoms with E-state index in [0.29, 0.717) is 10.9 Å². The van der Waals surface area contributed by atoms with Crippen molar-refractivity contribution in [2.24, 2.45) is 7.05 Å². The fourth-order valence-corrected chi connectivity index (χ4v) is 3.47. The second kappa shape index (κ2) is 9.29. The smallest absolute Gasteiger partial charge is 0.433 e. The highest BCUT2D eigenvalue weighted by Crippen LogP contribution is 2.31. The summed E-state index contributed by atoms with van der Waals surface area (Å²) in [5, 5.41) is 16.9. The van der Waals surface area contributed by atoms with Crippen molar-refractivity contribution in [1.82, 2.24) is 25.0 Å². The molecule has 9 nitrogen and oxygen atoms in total. The van der Waals surface area contributed by atoms with Crippen LogP contribution in [0.3, 0.4) is 0 Å². The molecule has 0 aliphatic rings. The molecule has 1 unspecified atom stereocenters. The van der Waals surface area contributed by atoms with E-state index in [9.17, 15) is 27.9 Å². The van der Waals surface area contributed by atoms with E-state index in [1.54, 1.807) is 6.07 Å². The van der Waals surface area contributed by atoms with Crippen molar-refractivity contribution in [3.05, 3.63) is 53.5 Å². The van der Waals surface area contributed by atoms with Gasteiger partial charge >= 0.3 is 6.18 Å². The number of nitrogens with zero attached hydrogens (tertiary/aromatic N) is 4. The van der Waals surface area contributed by atoms with Crippen molar-refractivity contribution < 1.29 is 32.6 Å². The normalized spacial score (nSPS) is 13.4. The summed E-state index contributed by atoms with van der Waals surface area (Å²) in [7, 11) is 4.53. The number of nitrogens with one attached hydrogen (secondary N) is 1. The molecule has 2 heterocycles. The first kappa shape index (κ1) is 25.0. The molecule has 0 bridgehead atoms. The van der Waals surface area contributed by atoms with Crippen molar-refractivity contribution in [3.63, 3.8) is 0 Å². The molecule has 182 valence electrons. The van der Waals surface area contributed by atoms with E-state index in [2.05, 4.69) is 15.4 Å². The van der Waals surface area contributed by atoms with Crippen molar-refractivity contribution in [2.45, 2.75) is 25.2 Å². The Morgan fingerprint density at radius 2 is 1.94 bits per heavy atom. The number of aryl methyl sites for hydroxylation is 1. The molecule has 0 aliphatic heterocycles. The van der Waals surface area contributed by atoms with Crippen LogP contribution in [-0.4, -0.2) is 62.8 Å². The Bertz CT molecular complexity index is 1220. The zero-order valence-electron chi connectivity index (χ0n) is 19.0. The summed E-state index contributed by atoms with van der Waals surface area (Å²) in [6.45, 7) is 0.370. The highest BCUT2D eigenvalue weighted by atomic mass is 19.4. The number of likely N-dealkylation sites (N-methyl/N-ethyl adjacent to an activating group) is 1. The number of aromatic nitrogens is 3. The fraction of sp³-hybridized carbons (Fsp3) is 0.364. The molecule has 0 saturated carbocycles. The maximum absolute atomic E-state index is 13.2. The second-order valence-electron chi connectivity index (χ2n) is 8.09. The number of hydrogen-bond donors (Lipinski definition) is 2. The first-order valence-electron chi connectivity index (χ1n) is 10.1. The van der Waals surface area contributed by atoms with Gasteiger partial charge in [-0.25, -0.2) is 0 Å². The van der Waals surface area contributed by atoms with Crippen LogP contribution in [0.1, 0.15) is 28.7 Å². The molecule has 3 rings (SSSR count). The maximum Gasteiger partial charge on any atom is 0.433 e. The van der Waals surface area contributed by atoms with E-state index in [4.69, 9.17) is 4.74 Å². The average Bonchev–Trinajstić information content (AvgIpc) is 3.11. The molecule has 0 spiro atoms. The van der Waals surface area contributed by atoms with Crippen molar-refractivity contribution >= 4 is 22.7 Å². The number of rotatable bonds is 7. The third kappa shape index (κ3) is 4.96. The molecule has 0 radical (unpaired) electrons. The lowest BCUT2D eigenvalue weighted by molar-refractivity contribution is -0.142. The molecule has 1 aromatic carbocycles. The molecule has 2 aromatic heterocycles. The molecule has 3 aromatic rings. The fourth-order valence-electron chi connectivity index (χ4n) is 3.47. The number of aliphatic hydroxyl groups is 1. The molecule has 0 saturated heterocycles. The lowest BCUT2D eigenvalue weighted by atomic mass is 10.0. The Hall–Kier alpha value is -3.67. The second-order valence-corrected chi connectivity index (χ2v) is 8.09. The highest BCUT2D eigenvalue weighted by molar-refractivity contribution is 6.07. The molecular formula is C22H24F3N5O4. The Labute approximate surface area is 193 Å². The van der Waals surface area contributed by atoms with E-state index in [1.165, 1.54) is 61.9 Å². The zero-order chi connectivity index (χ0) is 25.3. The third-order valence-corrected chi connectivity index (χ3v) is 5.16. The third-order valence-electron chi connectivity index (χ3n) is 5.16.